The highest BCUT2D eigenvalue weighted by molar-refractivity contribution is 5.32. The summed E-state index contributed by atoms with van der Waals surface area (Å²) in [6.45, 7) is 0. The highest BCUT2D eigenvalue weighted by Gasteiger charge is 1.95. The minimum absolute atomic E-state index is 0.220. The first kappa shape index (κ1) is 6.76. The zero-order valence-electron chi connectivity index (χ0n) is 5.07. The minimum Gasteiger partial charge on any atom is -0.207 e. The van der Waals surface area contributed by atoms with E-state index in [9.17, 15) is 8.78 Å². The van der Waals surface area contributed by atoms with E-state index in [4.69, 9.17) is 6.42 Å². The van der Waals surface area contributed by atoms with E-state index in [0.29, 0.717) is 0 Å². The van der Waals surface area contributed by atoms with Crippen molar-refractivity contribution in [1.82, 2.24) is 0 Å². The molecular formula is C8H4F2. The van der Waals surface area contributed by atoms with Crippen molar-refractivity contribution in [2.45, 2.75) is 0 Å². The molecule has 0 bridgehead atoms. The van der Waals surface area contributed by atoms with Crippen LogP contribution < -0.4 is 0 Å². The van der Waals surface area contributed by atoms with E-state index in [0.717, 1.165) is 18.2 Å². The Morgan fingerprint density at radius 1 is 1.10 bits per heavy atom. The van der Waals surface area contributed by atoms with E-state index in [2.05, 4.69) is 5.92 Å². The molecule has 0 spiro atoms. The van der Waals surface area contributed by atoms with Gasteiger partial charge in [-0.05, 0) is 12.1 Å². The number of benzene rings is 1. The third kappa shape index (κ3) is 1.32. The summed E-state index contributed by atoms with van der Waals surface area (Å²) in [6.07, 6.45) is 4.90. The maximum Gasteiger partial charge on any atom is 0.127 e. The van der Waals surface area contributed by atoms with E-state index in [1.807, 2.05) is 0 Å². The van der Waals surface area contributed by atoms with Crippen molar-refractivity contribution < 1.29 is 8.78 Å². The molecular weight excluding hydrogens is 134 g/mol. The van der Waals surface area contributed by atoms with Crippen LogP contribution in [0.15, 0.2) is 18.2 Å². The van der Waals surface area contributed by atoms with Gasteiger partial charge in [-0.3, -0.25) is 0 Å². The van der Waals surface area contributed by atoms with Gasteiger partial charge in [0.25, 0.3) is 0 Å². The largest absolute Gasteiger partial charge is 0.207 e. The molecule has 0 aliphatic rings. The van der Waals surface area contributed by atoms with Crippen LogP contribution in [0.25, 0.3) is 0 Å². The zero-order chi connectivity index (χ0) is 7.56. The van der Waals surface area contributed by atoms with Crippen molar-refractivity contribution in [3.63, 3.8) is 0 Å². The molecule has 0 fully saturated rings. The Bertz CT molecular complexity index is 264. The van der Waals surface area contributed by atoms with E-state index in [-0.39, 0.29) is 5.56 Å². The lowest BCUT2D eigenvalue weighted by molar-refractivity contribution is 0.582. The van der Waals surface area contributed by atoms with Crippen LogP contribution in [0.3, 0.4) is 0 Å². The van der Waals surface area contributed by atoms with Gasteiger partial charge < -0.3 is 0 Å². The lowest BCUT2D eigenvalue weighted by Gasteiger charge is -1.90. The number of hydrogen-bond donors (Lipinski definition) is 0. The number of rotatable bonds is 0. The van der Waals surface area contributed by atoms with Crippen molar-refractivity contribution in [3.8, 4) is 12.3 Å². The first-order valence-electron chi connectivity index (χ1n) is 2.65. The van der Waals surface area contributed by atoms with Crippen molar-refractivity contribution in [3.05, 3.63) is 35.4 Å². The normalized spacial score (nSPS) is 8.90. The first-order valence-corrected chi connectivity index (χ1v) is 2.65. The van der Waals surface area contributed by atoms with E-state index < -0.39 is 11.6 Å². The van der Waals surface area contributed by atoms with Crippen molar-refractivity contribution in [2.24, 2.45) is 0 Å². The fourth-order valence-electron chi connectivity index (χ4n) is 0.637. The van der Waals surface area contributed by atoms with Gasteiger partial charge >= 0.3 is 0 Å². The Labute approximate surface area is 57.5 Å². The molecule has 1 rings (SSSR count). The molecule has 0 radical (unpaired) electrons. The quantitative estimate of drug-likeness (QED) is 0.480. The van der Waals surface area contributed by atoms with Crippen LogP contribution in [0, 0.1) is 24.0 Å². The maximum absolute atomic E-state index is 12.3. The van der Waals surface area contributed by atoms with Gasteiger partial charge in [-0.1, -0.05) is 5.92 Å². The molecule has 0 aromatic heterocycles. The van der Waals surface area contributed by atoms with Crippen LogP contribution in [-0.4, -0.2) is 0 Å². The molecule has 0 atom stereocenters. The van der Waals surface area contributed by atoms with Gasteiger partial charge in [0.1, 0.15) is 11.6 Å². The number of terminal acetylenes is 1. The second kappa shape index (κ2) is 2.49. The molecule has 10 heavy (non-hydrogen) atoms. The summed E-state index contributed by atoms with van der Waals surface area (Å²) in [5, 5.41) is 0. The molecule has 0 N–H and O–H groups in total. The Morgan fingerprint density at radius 2 is 1.60 bits per heavy atom. The topological polar surface area (TPSA) is 0 Å². The first-order chi connectivity index (χ1) is 4.72. The predicted octanol–water partition coefficient (Wildman–Crippen LogP) is 1.95. The van der Waals surface area contributed by atoms with Crippen molar-refractivity contribution in [1.29, 1.82) is 0 Å². The third-order valence-electron chi connectivity index (χ3n) is 1.03. The second-order valence-corrected chi connectivity index (χ2v) is 1.80. The summed E-state index contributed by atoms with van der Waals surface area (Å²) in [5.74, 6) is 0.838. The van der Waals surface area contributed by atoms with Gasteiger partial charge in [-0.2, -0.15) is 0 Å². The Balaban J connectivity index is 3.22. The smallest absolute Gasteiger partial charge is 0.127 e. The summed E-state index contributed by atoms with van der Waals surface area (Å²) < 4.78 is 24.6. The molecule has 0 aliphatic carbocycles. The van der Waals surface area contributed by atoms with Crippen LogP contribution in [0.4, 0.5) is 8.78 Å². The minimum atomic E-state index is -0.645. The third-order valence-corrected chi connectivity index (χ3v) is 1.03. The van der Waals surface area contributed by atoms with Crippen LogP contribution in [-0.2, 0) is 0 Å². The lowest BCUT2D eigenvalue weighted by Crippen LogP contribution is -1.81. The molecule has 0 aliphatic heterocycles. The van der Waals surface area contributed by atoms with E-state index in [1.54, 1.807) is 0 Å². The lowest BCUT2D eigenvalue weighted by atomic mass is 10.2. The summed E-state index contributed by atoms with van der Waals surface area (Å²) in [6, 6.07) is 2.98. The van der Waals surface area contributed by atoms with Crippen molar-refractivity contribution >= 4 is 0 Å². The SMILES string of the molecule is C#Cc1cc(F)cc(F)c1. The van der Waals surface area contributed by atoms with Gasteiger partial charge in [0, 0.05) is 11.6 Å². The summed E-state index contributed by atoms with van der Waals surface area (Å²) in [4.78, 5) is 0. The van der Waals surface area contributed by atoms with Crippen LogP contribution >= 0.6 is 0 Å². The highest BCUT2D eigenvalue weighted by Crippen LogP contribution is 2.05. The average Bonchev–Trinajstić information content (AvgIpc) is 1.85. The average molecular weight is 138 g/mol. The van der Waals surface area contributed by atoms with Crippen molar-refractivity contribution in [2.75, 3.05) is 0 Å². The van der Waals surface area contributed by atoms with E-state index >= 15 is 0 Å². The van der Waals surface area contributed by atoms with Crippen LogP contribution in [0.5, 0.6) is 0 Å². The Kier molecular flexibility index (Phi) is 1.68. The number of hydrogen-bond acceptors (Lipinski definition) is 0. The molecule has 0 unspecified atom stereocenters. The molecule has 2 heteroatoms. The molecule has 1 aromatic carbocycles. The highest BCUT2D eigenvalue weighted by atomic mass is 19.1. The monoisotopic (exact) mass is 138 g/mol. The Morgan fingerprint density at radius 3 is 2.00 bits per heavy atom. The van der Waals surface area contributed by atoms with Gasteiger partial charge in [0.05, 0.1) is 0 Å². The molecule has 1 aromatic rings. The fourth-order valence-corrected chi connectivity index (χ4v) is 0.637. The molecule has 0 nitrogen and oxygen atoms in total. The molecule has 0 amide bonds. The number of halogens is 2. The van der Waals surface area contributed by atoms with Crippen LogP contribution in [0.1, 0.15) is 5.56 Å². The maximum atomic E-state index is 12.3. The van der Waals surface area contributed by atoms with Gasteiger partial charge in [-0.15, -0.1) is 6.42 Å². The molecule has 0 heterocycles. The molecule has 0 saturated heterocycles. The standard InChI is InChI=1S/C8H4F2/c1-2-6-3-7(9)5-8(10)4-6/h1,3-5H. The van der Waals surface area contributed by atoms with Gasteiger partial charge in [0.15, 0.2) is 0 Å². The summed E-state index contributed by atoms with van der Waals surface area (Å²) >= 11 is 0. The Hall–Kier alpha value is -1.36. The summed E-state index contributed by atoms with van der Waals surface area (Å²) in [7, 11) is 0. The fraction of sp³-hybridized carbons (Fsp3) is 0. The zero-order valence-corrected chi connectivity index (χ0v) is 5.07. The van der Waals surface area contributed by atoms with Gasteiger partial charge in [-0.25, -0.2) is 8.78 Å². The van der Waals surface area contributed by atoms with E-state index in [1.165, 1.54) is 0 Å². The second-order valence-electron chi connectivity index (χ2n) is 1.80. The molecule has 50 valence electrons. The van der Waals surface area contributed by atoms with Gasteiger partial charge in [0.2, 0.25) is 0 Å². The summed E-state index contributed by atoms with van der Waals surface area (Å²) in [5.41, 5.74) is 0.220. The van der Waals surface area contributed by atoms with Crippen LogP contribution in [0.2, 0.25) is 0 Å². The predicted molar refractivity (Wildman–Crippen MR) is 34.3 cm³/mol. The molecule has 0 saturated carbocycles.